The smallest absolute Gasteiger partial charge is 0.126 e. The molecule has 0 bridgehead atoms. The summed E-state index contributed by atoms with van der Waals surface area (Å²) in [7, 11) is 0. The molecule has 3 heteroatoms. The Bertz CT molecular complexity index is 573. The van der Waals surface area contributed by atoms with E-state index in [1.54, 1.807) is 0 Å². The topological polar surface area (TPSA) is 50.9 Å². The highest BCUT2D eigenvalue weighted by Crippen LogP contribution is 2.29. The molecule has 0 radical (unpaired) electrons. The van der Waals surface area contributed by atoms with Crippen LogP contribution in [0.2, 0.25) is 0 Å². The Balaban J connectivity index is 1.79. The summed E-state index contributed by atoms with van der Waals surface area (Å²) in [6.45, 7) is 2.27. The fraction of sp³-hybridized carbons (Fsp3) is 0.438. The van der Waals surface area contributed by atoms with Gasteiger partial charge in [0.25, 0.3) is 0 Å². The van der Waals surface area contributed by atoms with Crippen molar-refractivity contribution in [3.63, 3.8) is 0 Å². The van der Waals surface area contributed by atoms with Crippen LogP contribution in [0.5, 0.6) is 0 Å². The van der Waals surface area contributed by atoms with Gasteiger partial charge in [-0.05, 0) is 56.0 Å². The van der Waals surface area contributed by atoms with Crippen LogP contribution in [0.15, 0.2) is 30.3 Å². The third kappa shape index (κ3) is 2.65. The van der Waals surface area contributed by atoms with Gasteiger partial charge in [0, 0.05) is 17.1 Å². The summed E-state index contributed by atoms with van der Waals surface area (Å²) in [5.41, 5.74) is 7.57. The molecule has 1 saturated carbocycles. The van der Waals surface area contributed by atoms with E-state index in [0.717, 1.165) is 28.3 Å². The summed E-state index contributed by atoms with van der Waals surface area (Å²) in [6, 6.07) is 10.5. The van der Waals surface area contributed by atoms with Crippen molar-refractivity contribution in [1.29, 1.82) is 0 Å². The van der Waals surface area contributed by atoms with Gasteiger partial charge in [-0.15, -0.1) is 0 Å². The lowest BCUT2D eigenvalue weighted by atomic mass is 10.00. The molecule has 1 fully saturated rings. The predicted molar refractivity (Wildman–Crippen MR) is 81.2 cm³/mol. The number of nitrogens with two attached hydrogens (primary N) is 1. The minimum atomic E-state index is 0.501. The molecule has 0 aliphatic heterocycles. The van der Waals surface area contributed by atoms with Gasteiger partial charge >= 0.3 is 0 Å². The van der Waals surface area contributed by atoms with E-state index in [0.29, 0.717) is 6.04 Å². The largest absolute Gasteiger partial charge is 0.399 e. The van der Waals surface area contributed by atoms with E-state index < -0.39 is 0 Å². The average molecular weight is 255 g/mol. The van der Waals surface area contributed by atoms with Crippen LogP contribution in [0.4, 0.5) is 11.5 Å². The van der Waals surface area contributed by atoms with Gasteiger partial charge in [-0.25, -0.2) is 4.98 Å². The number of benzene rings is 1. The molecule has 100 valence electrons. The van der Waals surface area contributed by atoms with Crippen molar-refractivity contribution < 1.29 is 0 Å². The van der Waals surface area contributed by atoms with Crippen LogP contribution < -0.4 is 11.1 Å². The third-order valence-corrected chi connectivity index (χ3v) is 4.20. The predicted octanol–water partition coefficient (Wildman–Crippen LogP) is 3.81. The quantitative estimate of drug-likeness (QED) is 0.820. The van der Waals surface area contributed by atoms with Gasteiger partial charge in [0.1, 0.15) is 5.82 Å². The molecule has 3 rings (SSSR count). The standard InChI is InChI=1S/C16H21N3/c1-11(12-4-2-3-5-12)18-16-9-6-13-10-14(17)7-8-15(13)19-16/h6-12H,2-5,17H2,1H3,(H,18,19). The van der Waals surface area contributed by atoms with Crippen molar-refractivity contribution in [2.45, 2.75) is 38.6 Å². The second-order valence-electron chi connectivity index (χ2n) is 5.63. The number of rotatable bonds is 3. The van der Waals surface area contributed by atoms with Crippen LogP contribution >= 0.6 is 0 Å². The van der Waals surface area contributed by atoms with Crippen LogP contribution in [0.25, 0.3) is 10.9 Å². The van der Waals surface area contributed by atoms with E-state index in [1.165, 1.54) is 25.7 Å². The van der Waals surface area contributed by atoms with Crippen molar-refractivity contribution in [1.82, 2.24) is 4.98 Å². The van der Waals surface area contributed by atoms with Gasteiger partial charge in [0.05, 0.1) is 5.52 Å². The maximum atomic E-state index is 5.78. The second kappa shape index (κ2) is 5.08. The Hall–Kier alpha value is -1.77. The van der Waals surface area contributed by atoms with Crippen LogP contribution in [0.1, 0.15) is 32.6 Å². The summed E-state index contributed by atoms with van der Waals surface area (Å²) in [4.78, 5) is 4.66. The molecule has 2 aromatic rings. The number of nitrogens with zero attached hydrogens (tertiary/aromatic N) is 1. The Labute approximate surface area is 114 Å². The molecule has 1 aliphatic carbocycles. The maximum Gasteiger partial charge on any atom is 0.126 e. The Morgan fingerprint density at radius 2 is 2.00 bits per heavy atom. The first-order chi connectivity index (χ1) is 9.22. The molecule has 0 amide bonds. The SMILES string of the molecule is CC(Nc1ccc2cc(N)ccc2n1)C1CCCC1. The lowest BCUT2D eigenvalue weighted by molar-refractivity contribution is 0.481. The maximum absolute atomic E-state index is 5.78. The molecule has 3 N–H and O–H groups in total. The lowest BCUT2D eigenvalue weighted by Crippen LogP contribution is -2.24. The zero-order valence-electron chi connectivity index (χ0n) is 11.4. The summed E-state index contributed by atoms with van der Waals surface area (Å²) < 4.78 is 0. The van der Waals surface area contributed by atoms with Crippen molar-refractivity contribution in [2.75, 3.05) is 11.1 Å². The highest BCUT2D eigenvalue weighted by atomic mass is 15.0. The summed E-state index contributed by atoms with van der Waals surface area (Å²) in [5.74, 6) is 1.76. The first kappa shape index (κ1) is 12.3. The molecule has 1 aromatic carbocycles. The molecular weight excluding hydrogens is 234 g/mol. The normalized spacial score (nSPS) is 17.7. The highest BCUT2D eigenvalue weighted by molar-refractivity contribution is 5.83. The number of fused-ring (bicyclic) bond motifs is 1. The molecule has 1 heterocycles. The Morgan fingerprint density at radius 1 is 1.21 bits per heavy atom. The number of anilines is 2. The number of nitrogen functional groups attached to an aromatic ring is 1. The van der Waals surface area contributed by atoms with E-state index in [2.05, 4.69) is 23.3 Å². The number of aromatic nitrogens is 1. The number of nitrogens with one attached hydrogen (secondary N) is 1. The third-order valence-electron chi connectivity index (χ3n) is 4.20. The average Bonchev–Trinajstić information content (AvgIpc) is 2.93. The summed E-state index contributed by atoms with van der Waals surface area (Å²) in [5, 5.41) is 4.64. The Kier molecular flexibility index (Phi) is 3.28. The molecule has 1 unspecified atom stereocenters. The van der Waals surface area contributed by atoms with Crippen molar-refractivity contribution in [3.05, 3.63) is 30.3 Å². The summed E-state index contributed by atoms with van der Waals surface area (Å²) in [6.07, 6.45) is 5.44. The molecule has 0 saturated heterocycles. The van der Waals surface area contributed by atoms with Gasteiger partial charge in [-0.2, -0.15) is 0 Å². The number of pyridine rings is 1. The van der Waals surface area contributed by atoms with Crippen LogP contribution in [0, 0.1) is 5.92 Å². The minimum Gasteiger partial charge on any atom is -0.399 e. The van der Waals surface area contributed by atoms with Gasteiger partial charge in [0.15, 0.2) is 0 Å². The zero-order chi connectivity index (χ0) is 13.2. The fourth-order valence-corrected chi connectivity index (χ4v) is 3.03. The molecule has 1 atom stereocenters. The molecule has 1 aliphatic rings. The summed E-state index contributed by atoms with van der Waals surface area (Å²) >= 11 is 0. The van der Waals surface area contributed by atoms with Crippen LogP contribution in [0.3, 0.4) is 0 Å². The van der Waals surface area contributed by atoms with Gasteiger partial charge in [0.2, 0.25) is 0 Å². The first-order valence-corrected chi connectivity index (χ1v) is 7.15. The van der Waals surface area contributed by atoms with Crippen molar-refractivity contribution in [3.8, 4) is 0 Å². The number of hydrogen-bond donors (Lipinski definition) is 2. The zero-order valence-corrected chi connectivity index (χ0v) is 11.4. The van der Waals surface area contributed by atoms with E-state index in [-0.39, 0.29) is 0 Å². The molecule has 1 aromatic heterocycles. The van der Waals surface area contributed by atoms with Crippen LogP contribution in [-0.2, 0) is 0 Å². The highest BCUT2D eigenvalue weighted by Gasteiger charge is 2.21. The van der Waals surface area contributed by atoms with Crippen molar-refractivity contribution >= 4 is 22.4 Å². The monoisotopic (exact) mass is 255 g/mol. The molecule has 19 heavy (non-hydrogen) atoms. The molecular formula is C16H21N3. The Morgan fingerprint density at radius 3 is 2.79 bits per heavy atom. The van der Waals surface area contributed by atoms with E-state index >= 15 is 0 Å². The molecule has 3 nitrogen and oxygen atoms in total. The lowest BCUT2D eigenvalue weighted by Gasteiger charge is -2.21. The number of hydrogen-bond acceptors (Lipinski definition) is 3. The second-order valence-corrected chi connectivity index (χ2v) is 5.63. The molecule has 0 spiro atoms. The van der Waals surface area contributed by atoms with E-state index in [9.17, 15) is 0 Å². The van der Waals surface area contributed by atoms with Crippen LogP contribution in [-0.4, -0.2) is 11.0 Å². The van der Waals surface area contributed by atoms with E-state index in [1.807, 2.05) is 24.3 Å². The van der Waals surface area contributed by atoms with Gasteiger partial charge in [-0.1, -0.05) is 12.8 Å². The first-order valence-electron chi connectivity index (χ1n) is 7.15. The van der Waals surface area contributed by atoms with Crippen molar-refractivity contribution in [2.24, 2.45) is 5.92 Å². The van der Waals surface area contributed by atoms with Gasteiger partial charge in [-0.3, -0.25) is 0 Å². The van der Waals surface area contributed by atoms with E-state index in [4.69, 9.17) is 5.73 Å². The minimum absolute atomic E-state index is 0.501. The fourth-order valence-electron chi connectivity index (χ4n) is 3.03. The van der Waals surface area contributed by atoms with Gasteiger partial charge < -0.3 is 11.1 Å².